The predicted octanol–water partition coefficient (Wildman–Crippen LogP) is 3.47. The summed E-state index contributed by atoms with van der Waals surface area (Å²) in [5.74, 6) is 1.78. The standard InChI is InChI=1S/C13H20OS/c1-5-10-6-7-12(14-4)11(8-10)13(2,3)9-15/h6-8,15H,5,9H2,1-4H3. The van der Waals surface area contributed by atoms with Crippen LogP contribution in [0, 0.1) is 0 Å². The Balaban J connectivity index is 3.23. The van der Waals surface area contributed by atoms with Crippen molar-refractivity contribution in [3.63, 3.8) is 0 Å². The highest BCUT2D eigenvalue weighted by atomic mass is 32.1. The van der Waals surface area contributed by atoms with Crippen LogP contribution in [-0.2, 0) is 11.8 Å². The minimum absolute atomic E-state index is 0.0552. The molecule has 0 atom stereocenters. The quantitative estimate of drug-likeness (QED) is 0.771. The molecule has 0 fully saturated rings. The summed E-state index contributed by atoms with van der Waals surface area (Å²) in [5.41, 5.74) is 2.65. The molecule has 84 valence electrons. The molecule has 0 radical (unpaired) electrons. The van der Waals surface area contributed by atoms with E-state index in [2.05, 4.69) is 51.6 Å². The first-order valence-corrected chi connectivity index (χ1v) is 5.96. The van der Waals surface area contributed by atoms with Crippen molar-refractivity contribution in [2.45, 2.75) is 32.6 Å². The summed E-state index contributed by atoms with van der Waals surface area (Å²) in [6.07, 6.45) is 1.06. The molecule has 0 bridgehead atoms. The molecule has 0 heterocycles. The first-order chi connectivity index (χ1) is 7.05. The van der Waals surface area contributed by atoms with Gasteiger partial charge >= 0.3 is 0 Å². The molecule has 0 N–H and O–H groups in total. The Morgan fingerprint density at radius 2 is 2.00 bits per heavy atom. The third-order valence-corrected chi connectivity index (χ3v) is 3.59. The van der Waals surface area contributed by atoms with Crippen LogP contribution >= 0.6 is 12.6 Å². The van der Waals surface area contributed by atoms with Gasteiger partial charge in [-0.05, 0) is 23.8 Å². The molecule has 0 unspecified atom stereocenters. The maximum Gasteiger partial charge on any atom is 0.122 e. The maximum absolute atomic E-state index is 5.40. The van der Waals surface area contributed by atoms with E-state index < -0.39 is 0 Å². The SMILES string of the molecule is CCc1ccc(OC)c(C(C)(C)CS)c1. The number of benzene rings is 1. The summed E-state index contributed by atoms with van der Waals surface area (Å²) in [6.45, 7) is 6.55. The average Bonchev–Trinajstić information content (AvgIpc) is 2.28. The van der Waals surface area contributed by atoms with E-state index in [1.807, 2.05) is 0 Å². The largest absolute Gasteiger partial charge is 0.496 e. The second-order valence-corrected chi connectivity index (χ2v) is 4.75. The highest BCUT2D eigenvalue weighted by Gasteiger charge is 2.22. The van der Waals surface area contributed by atoms with Crippen LogP contribution in [0.15, 0.2) is 18.2 Å². The molecule has 0 saturated carbocycles. The van der Waals surface area contributed by atoms with Gasteiger partial charge in [-0.3, -0.25) is 0 Å². The lowest BCUT2D eigenvalue weighted by molar-refractivity contribution is 0.398. The van der Waals surface area contributed by atoms with Crippen LogP contribution in [0.1, 0.15) is 31.9 Å². The maximum atomic E-state index is 5.40. The second kappa shape index (κ2) is 4.93. The van der Waals surface area contributed by atoms with Crippen molar-refractivity contribution in [2.75, 3.05) is 12.9 Å². The van der Waals surface area contributed by atoms with E-state index in [1.54, 1.807) is 7.11 Å². The zero-order valence-corrected chi connectivity index (χ0v) is 10.9. The van der Waals surface area contributed by atoms with Gasteiger partial charge in [0, 0.05) is 11.0 Å². The Kier molecular flexibility index (Phi) is 4.09. The first-order valence-electron chi connectivity index (χ1n) is 5.33. The predicted molar refractivity (Wildman–Crippen MR) is 69.3 cm³/mol. The topological polar surface area (TPSA) is 9.23 Å². The lowest BCUT2D eigenvalue weighted by Gasteiger charge is -2.25. The molecule has 0 aromatic heterocycles. The number of hydrogen-bond acceptors (Lipinski definition) is 2. The lowest BCUT2D eigenvalue weighted by atomic mass is 9.85. The molecule has 1 nitrogen and oxygen atoms in total. The summed E-state index contributed by atoms with van der Waals surface area (Å²) in [6, 6.07) is 6.41. The molecule has 1 aromatic carbocycles. The molecule has 0 aliphatic rings. The van der Waals surface area contributed by atoms with Crippen LogP contribution in [0.3, 0.4) is 0 Å². The van der Waals surface area contributed by atoms with Crippen LogP contribution in [0.2, 0.25) is 0 Å². The van der Waals surface area contributed by atoms with E-state index in [9.17, 15) is 0 Å². The van der Waals surface area contributed by atoms with Crippen molar-refractivity contribution in [2.24, 2.45) is 0 Å². The van der Waals surface area contributed by atoms with Crippen LogP contribution in [-0.4, -0.2) is 12.9 Å². The summed E-state index contributed by atoms with van der Waals surface area (Å²) in [7, 11) is 1.72. The Labute approximate surface area is 98.3 Å². The molecular weight excluding hydrogens is 204 g/mol. The van der Waals surface area contributed by atoms with E-state index in [-0.39, 0.29) is 5.41 Å². The number of ether oxygens (including phenoxy) is 1. The molecule has 1 rings (SSSR count). The van der Waals surface area contributed by atoms with E-state index in [1.165, 1.54) is 11.1 Å². The third kappa shape index (κ3) is 2.69. The van der Waals surface area contributed by atoms with Gasteiger partial charge in [-0.15, -0.1) is 0 Å². The second-order valence-electron chi connectivity index (χ2n) is 4.43. The number of hydrogen-bond donors (Lipinski definition) is 1. The fourth-order valence-corrected chi connectivity index (χ4v) is 1.76. The number of thiol groups is 1. The Bertz CT molecular complexity index is 331. The average molecular weight is 224 g/mol. The first kappa shape index (κ1) is 12.4. The van der Waals surface area contributed by atoms with Gasteiger partial charge in [0.05, 0.1) is 7.11 Å². The normalized spacial score (nSPS) is 11.5. The van der Waals surface area contributed by atoms with Crippen molar-refractivity contribution in [1.29, 1.82) is 0 Å². The molecule has 2 heteroatoms. The van der Waals surface area contributed by atoms with Gasteiger partial charge in [-0.25, -0.2) is 0 Å². The Hall–Kier alpha value is -0.630. The zero-order chi connectivity index (χ0) is 11.5. The highest BCUT2D eigenvalue weighted by Crippen LogP contribution is 2.33. The molecule has 0 amide bonds. The minimum Gasteiger partial charge on any atom is -0.496 e. The lowest BCUT2D eigenvalue weighted by Crippen LogP contribution is -2.20. The number of rotatable bonds is 4. The molecule has 0 aliphatic carbocycles. The Morgan fingerprint density at radius 3 is 2.47 bits per heavy atom. The van der Waals surface area contributed by atoms with Crippen molar-refractivity contribution in [1.82, 2.24) is 0 Å². The van der Waals surface area contributed by atoms with Crippen LogP contribution in [0.4, 0.5) is 0 Å². The van der Waals surface area contributed by atoms with E-state index >= 15 is 0 Å². The summed E-state index contributed by atoms with van der Waals surface area (Å²) >= 11 is 4.41. The van der Waals surface area contributed by atoms with Gasteiger partial charge in [0.2, 0.25) is 0 Å². The smallest absolute Gasteiger partial charge is 0.122 e. The summed E-state index contributed by atoms with van der Waals surface area (Å²) in [4.78, 5) is 0. The molecule has 0 spiro atoms. The third-order valence-electron chi connectivity index (χ3n) is 2.80. The molecule has 1 aromatic rings. The van der Waals surface area contributed by atoms with Crippen molar-refractivity contribution in [3.05, 3.63) is 29.3 Å². The van der Waals surface area contributed by atoms with Gasteiger partial charge in [-0.2, -0.15) is 12.6 Å². The monoisotopic (exact) mass is 224 g/mol. The van der Waals surface area contributed by atoms with Gasteiger partial charge in [-0.1, -0.05) is 32.9 Å². The molecule has 0 aliphatic heterocycles. The van der Waals surface area contributed by atoms with Crippen molar-refractivity contribution in [3.8, 4) is 5.75 Å². The van der Waals surface area contributed by atoms with Gasteiger partial charge < -0.3 is 4.74 Å². The Morgan fingerprint density at radius 1 is 1.33 bits per heavy atom. The molecule has 0 saturated heterocycles. The highest BCUT2D eigenvalue weighted by molar-refractivity contribution is 7.80. The van der Waals surface area contributed by atoms with Crippen LogP contribution in [0.25, 0.3) is 0 Å². The van der Waals surface area contributed by atoms with Gasteiger partial charge in [0.1, 0.15) is 5.75 Å². The van der Waals surface area contributed by atoms with E-state index in [0.717, 1.165) is 17.9 Å². The number of methoxy groups -OCH3 is 1. The zero-order valence-electron chi connectivity index (χ0n) is 10.0. The van der Waals surface area contributed by atoms with Crippen LogP contribution in [0.5, 0.6) is 5.75 Å². The van der Waals surface area contributed by atoms with Crippen LogP contribution < -0.4 is 4.74 Å². The number of aryl methyl sites for hydroxylation is 1. The summed E-state index contributed by atoms with van der Waals surface area (Å²) < 4.78 is 5.40. The van der Waals surface area contributed by atoms with Crippen molar-refractivity contribution >= 4 is 12.6 Å². The fraction of sp³-hybridized carbons (Fsp3) is 0.538. The summed E-state index contributed by atoms with van der Waals surface area (Å²) in [5, 5.41) is 0. The van der Waals surface area contributed by atoms with Crippen molar-refractivity contribution < 1.29 is 4.74 Å². The molecule has 15 heavy (non-hydrogen) atoms. The van der Waals surface area contributed by atoms with E-state index in [0.29, 0.717) is 0 Å². The molecular formula is C13H20OS. The fourth-order valence-electron chi connectivity index (χ4n) is 1.59. The van der Waals surface area contributed by atoms with Gasteiger partial charge in [0.15, 0.2) is 0 Å². The van der Waals surface area contributed by atoms with E-state index in [4.69, 9.17) is 4.74 Å². The minimum atomic E-state index is 0.0552. The van der Waals surface area contributed by atoms with Gasteiger partial charge in [0.25, 0.3) is 0 Å².